The van der Waals surface area contributed by atoms with E-state index in [9.17, 15) is 9.59 Å². The van der Waals surface area contributed by atoms with Gasteiger partial charge in [-0.25, -0.2) is 0 Å². The summed E-state index contributed by atoms with van der Waals surface area (Å²) in [4.78, 5) is 27.7. The van der Waals surface area contributed by atoms with Crippen molar-refractivity contribution in [2.45, 2.75) is 38.9 Å². The molecule has 0 aliphatic carbocycles. The zero-order chi connectivity index (χ0) is 25.9. The average molecular weight is 502 g/mol. The predicted molar refractivity (Wildman–Crippen MR) is 144 cm³/mol. The molecule has 194 valence electrons. The Bertz CT molecular complexity index is 1180. The van der Waals surface area contributed by atoms with Crippen LogP contribution in [-0.2, 0) is 24.4 Å². The molecule has 7 heteroatoms. The molecule has 0 bridgehead atoms. The van der Waals surface area contributed by atoms with Crippen molar-refractivity contribution in [1.82, 2.24) is 15.5 Å². The highest BCUT2D eigenvalue weighted by Crippen LogP contribution is 2.24. The molecule has 0 fully saturated rings. The van der Waals surface area contributed by atoms with E-state index in [0.717, 1.165) is 41.7 Å². The Morgan fingerprint density at radius 2 is 1.81 bits per heavy atom. The van der Waals surface area contributed by atoms with Gasteiger partial charge in [-0.3, -0.25) is 14.5 Å². The monoisotopic (exact) mass is 501 g/mol. The van der Waals surface area contributed by atoms with Crippen molar-refractivity contribution >= 4 is 11.8 Å². The molecule has 0 spiro atoms. The van der Waals surface area contributed by atoms with E-state index in [1.807, 2.05) is 60.7 Å². The first-order chi connectivity index (χ1) is 18.1. The van der Waals surface area contributed by atoms with Crippen LogP contribution in [-0.4, -0.2) is 43.5 Å². The second-order valence-electron chi connectivity index (χ2n) is 9.25. The summed E-state index contributed by atoms with van der Waals surface area (Å²) in [6.07, 6.45) is 2.76. The van der Waals surface area contributed by atoms with E-state index in [2.05, 4.69) is 27.7 Å². The van der Waals surface area contributed by atoms with Crippen molar-refractivity contribution in [3.8, 4) is 11.5 Å². The van der Waals surface area contributed by atoms with Crippen molar-refractivity contribution < 1.29 is 19.1 Å². The summed E-state index contributed by atoms with van der Waals surface area (Å²) in [7, 11) is 1.62. The quantitative estimate of drug-likeness (QED) is 0.526. The van der Waals surface area contributed by atoms with Gasteiger partial charge in [-0.15, -0.1) is 0 Å². The van der Waals surface area contributed by atoms with E-state index in [4.69, 9.17) is 9.47 Å². The fourth-order valence-corrected chi connectivity index (χ4v) is 4.35. The Morgan fingerprint density at radius 1 is 0.973 bits per heavy atom. The van der Waals surface area contributed by atoms with Crippen molar-refractivity contribution in [2.75, 3.05) is 26.8 Å². The van der Waals surface area contributed by atoms with Crippen molar-refractivity contribution in [3.63, 3.8) is 0 Å². The first-order valence-corrected chi connectivity index (χ1v) is 12.8. The van der Waals surface area contributed by atoms with Crippen LogP contribution >= 0.6 is 0 Å². The number of nitrogens with one attached hydrogen (secondary N) is 2. The third-order valence-electron chi connectivity index (χ3n) is 6.33. The van der Waals surface area contributed by atoms with Gasteiger partial charge in [0.15, 0.2) is 0 Å². The van der Waals surface area contributed by atoms with E-state index in [0.29, 0.717) is 44.1 Å². The predicted octanol–water partition coefficient (Wildman–Crippen LogP) is 4.31. The molecule has 0 radical (unpaired) electrons. The highest BCUT2D eigenvalue weighted by Gasteiger charge is 2.17. The molecule has 37 heavy (non-hydrogen) atoms. The van der Waals surface area contributed by atoms with Crippen LogP contribution < -0.4 is 20.1 Å². The Labute approximate surface area is 218 Å². The third kappa shape index (κ3) is 8.08. The van der Waals surface area contributed by atoms with Crippen LogP contribution in [0.25, 0.3) is 0 Å². The molecular weight excluding hydrogens is 466 g/mol. The minimum Gasteiger partial charge on any atom is -0.497 e. The molecule has 0 atom stereocenters. The standard InChI is InChI=1S/C30H35N3O4/c1-36-27-12-8-11-24(17-27)19-32-30(35)25-13-14-26-21-33(20-23-9-4-2-5-10-23)22-29(34)31-15-6-3-7-16-37-28(26)18-25/h2,4-5,8-14,17-18H,3,6-7,15-16,19-22H2,1H3,(H,31,34)(H,32,35). The molecular formula is C30H35N3O4. The summed E-state index contributed by atoms with van der Waals surface area (Å²) in [6, 6.07) is 23.3. The van der Waals surface area contributed by atoms with Crippen LogP contribution in [0.4, 0.5) is 0 Å². The number of fused-ring (bicyclic) bond motifs is 1. The number of carbonyl (C=O) groups is 2. The number of hydrogen-bond donors (Lipinski definition) is 2. The number of ether oxygens (including phenoxy) is 2. The number of rotatable bonds is 6. The van der Waals surface area contributed by atoms with Crippen molar-refractivity contribution in [1.29, 1.82) is 0 Å². The molecule has 7 nitrogen and oxygen atoms in total. The summed E-state index contributed by atoms with van der Waals surface area (Å²) in [6.45, 7) is 3.09. The molecule has 4 rings (SSSR count). The Hall–Kier alpha value is -3.84. The summed E-state index contributed by atoms with van der Waals surface area (Å²) in [5.74, 6) is 1.29. The maximum atomic E-state index is 13.0. The Morgan fingerprint density at radius 3 is 2.65 bits per heavy atom. The van der Waals surface area contributed by atoms with Gasteiger partial charge in [-0.2, -0.15) is 0 Å². The lowest BCUT2D eigenvalue weighted by Gasteiger charge is -2.23. The van der Waals surface area contributed by atoms with Crippen LogP contribution in [0.15, 0.2) is 72.8 Å². The lowest BCUT2D eigenvalue weighted by molar-refractivity contribution is -0.122. The van der Waals surface area contributed by atoms with Crippen LogP contribution in [0, 0.1) is 0 Å². The van der Waals surface area contributed by atoms with Gasteiger partial charge in [0.05, 0.1) is 20.3 Å². The van der Waals surface area contributed by atoms with Gasteiger partial charge in [0, 0.05) is 37.3 Å². The first kappa shape index (κ1) is 26.2. The molecule has 0 saturated heterocycles. The van der Waals surface area contributed by atoms with Gasteiger partial charge in [0.2, 0.25) is 5.91 Å². The van der Waals surface area contributed by atoms with E-state index in [-0.39, 0.29) is 18.4 Å². The number of carbonyl (C=O) groups excluding carboxylic acids is 2. The van der Waals surface area contributed by atoms with Gasteiger partial charge >= 0.3 is 0 Å². The average Bonchev–Trinajstić information content (AvgIpc) is 2.93. The molecule has 2 N–H and O–H groups in total. The molecule has 3 aromatic carbocycles. The first-order valence-electron chi connectivity index (χ1n) is 12.8. The largest absolute Gasteiger partial charge is 0.497 e. The lowest BCUT2D eigenvalue weighted by Crippen LogP contribution is -2.37. The van der Waals surface area contributed by atoms with E-state index >= 15 is 0 Å². The summed E-state index contributed by atoms with van der Waals surface area (Å²) < 4.78 is 11.5. The maximum Gasteiger partial charge on any atom is 0.251 e. The van der Waals surface area contributed by atoms with Gasteiger partial charge in [-0.05, 0) is 54.7 Å². The van der Waals surface area contributed by atoms with Gasteiger partial charge in [0.1, 0.15) is 11.5 Å². The SMILES string of the molecule is COc1cccc(CNC(=O)c2ccc3c(c2)OCCCCCNC(=O)CN(Cc2ccccc2)C3)c1. The number of benzene rings is 3. The molecule has 3 aromatic rings. The number of hydrogen-bond acceptors (Lipinski definition) is 5. The zero-order valence-corrected chi connectivity index (χ0v) is 21.4. The molecule has 0 saturated carbocycles. The van der Waals surface area contributed by atoms with Gasteiger partial charge < -0.3 is 20.1 Å². The fraction of sp³-hybridized carbons (Fsp3) is 0.333. The van der Waals surface area contributed by atoms with Crippen LogP contribution in [0.1, 0.15) is 46.3 Å². The highest BCUT2D eigenvalue weighted by molar-refractivity contribution is 5.94. The topological polar surface area (TPSA) is 79.9 Å². The number of methoxy groups -OCH3 is 1. The van der Waals surface area contributed by atoms with Gasteiger partial charge in [-0.1, -0.05) is 48.5 Å². The molecule has 0 unspecified atom stereocenters. The van der Waals surface area contributed by atoms with Crippen LogP contribution in [0.5, 0.6) is 11.5 Å². The van der Waals surface area contributed by atoms with E-state index in [1.54, 1.807) is 7.11 Å². The number of nitrogens with zero attached hydrogens (tertiary/aromatic N) is 1. The summed E-state index contributed by atoms with van der Waals surface area (Å²) in [5.41, 5.74) is 3.59. The zero-order valence-electron chi connectivity index (χ0n) is 21.4. The second kappa shape index (κ2) is 13.5. The minimum atomic E-state index is -0.169. The highest BCUT2D eigenvalue weighted by atomic mass is 16.5. The fourth-order valence-electron chi connectivity index (χ4n) is 4.35. The Kier molecular flexibility index (Phi) is 9.54. The van der Waals surface area contributed by atoms with Crippen LogP contribution in [0.3, 0.4) is 0 Å². The van der Waals surface area contributed by atoms with E-state index < -0.39 is 0 Å². The van der Waals surface area contributed by atoms with Crippen molar-refractivity contribution in [2.24, 2.45) is 0 Å². The summed E-state index contributed by atoms with van der Waals surface area (Å²) in [5, 5.41) is 6.02. The smallest absolute Gasteiger partial charge is 0.251 e. The molecule has 0 aromatic heterocycles. The minimum absolute atomic E-state index is 0.0196. The lowest BCUT2D eigenvalue weighted by atomic mass is 10.1. The van der Waals surface area contributed by atoms with Crippen molar-refractivity contribution in [3.05, 3.63) is 95.1 Å². The maximum absolute atomic E-state index is 13.0. The third-order valence-corrected chi connectivity index (χ3v) is 6.33. The number of amides is 2. The Balaban J connectivity index is 1.52. The van der Waals surface area contributed by atoms with Gasteiger partial charge in [0.25, 0.3) is 5.91 Å². The van der Waals surface area contributed by atoms with Crippen LogP contribution in [0.2, 0.25) is 0 Å². The molecule has 2 amide bonds. The second-order valence-corrected chi connectivity index (χ2v) is 9.25. The summed E-state index contributed by atoms with van der Waals surface area (Å²) >= 11 is 0. The molecule has 1 aliphatic heterocycles. The normalized spacial score (nSPS) is 15.1. The molecule has 1 heterocycles. The molecule has 1 aliphatic rings. The van der Waals surface area contributed by atoms with E-state index in [1.165, 1.54) is 0 Å².